The van der Waals surface area contributed by atoms with Crippen LogP contribution >= 0.6 is 23.4 Å². The monoisotopic (exact) mass is 458 g/mol. The summed E-state index contributed by atoms with van der Waals surface area (Å²) in [4.78, 5) is 28.9. The van der Waals surface area contributed by atoms with Crippen LogP contribution in [0.5, 0.6) is 0 Å². The van der Waals surface area contributed by atoms with Crippen molar-refractivity contribution in [1.82, 2.24) is 10.2 Å². The molecule has 2 aromatic carbocycles. The van der Waals surface area contributed by atoms with Crippen LogP contribution in [-0.2, 0) is 16.1 Å². The Morgan fingerprint density at radius 1 is 1.13 bits per heavy atom. The second-order valence-corrected chi connectivity index (χ2v) is 9.77. The molecule has 4 nitrogen and oxygen atoms in total. The molecule has 3 rings (SSSR count). The van der Waals surface area contributed by atoms with Crippen molar-refractivity contribution >= 4 is 35.2 Å². The van der Waals surface area contributed by atoms with Crippen molar-refractivity contribution in [2.75, 3.05) is 5.75 Å². The van der Waals surface area contributed by atoms with Gasteiger partial charge in [0.1, 0.15) is 6.04 Å². The highest BCUT2D eigenvalue weighted by Crippen LogP contribution is 2.23. The highest BCUT2D eigenvalue weighted by molar-refractivity contribution is 7.99. The minimum atomic E-state index is -0.547. The van der Waals surface area contributed by atoms with Crippen molar-refractivity contribution in [1.29, 1.82) is 0 Å². The van der Waals surface area contributed by atoms with Gasteiger partial charge in [-0.25, -0.2) is 0 Å². The zero-order valence-electron chi connectivity index (χ0n) is 18.3. The molecular formula is C25H31ClN2O2S. The van der Waals surface area contributed by atoms with E-state index in [-0.39, 0.29) is 17.9 Å². The molecule has 2 amide bonds. The van der Waals surface area contributed by atoms with Crippen LogP contribution in [0.1, 0.15) is 50.2 Å². The Labute approximate surface area is 194 Å². The number of thioether (sulfide) groups is 1. The van der Waals surface area contributed by atoms with Crippen LogP contribution in [0.2, 0.25) is 5.02 Å². The lowest BCUT2D eigenvalue weighted by Gasteiger charge is -2.30. The van der Waals surface area contributed by atoms with E-state index < -0.39 is 6.04 Å². The molecule has 0 bridgehead atoms. The number of nitrogens with one attached hydrogen (secondary N) is 1. The first-order valence-corrected chi connectivity index (χ1v) is 12.3. The van der Waals surface area contributed by atoms with Gasteiger partial charge in [-0.3, -0.25) is 9.59 Å². The average Bonchev–Trinajstić information content (AvgIpc) is 3.27. The first-order chi connectivity index (χ1) is 14.9. The van der Waals surface area contributed by atoms with E-state index in [0.29, 0.717) is 23.7 Å². The molecule has 1 N–H and O–H groups in total. The largest absolute Gasteiger partial charge is 0.352 e. The van der Waals surface area contributed by atoms with Gasteiger partial charge in [0.2, 0.25) is 11.8 Å². The summed E-state index contributed by atoms with van der Waals surface area (Å²) in [5, 5.41) is 3.74. The topological polar surface area (TPSA) is 49.4 Å². The Bertz CT molecular complexity index is 881. The summed E-state index contributed by atoms with van der Waals surface area (Å²) in [5.74, 6) is 0.546. The van der Waals surface area contributed by atoms with E-state index in [4.69, 9.17) is 11.6 Å². The normalized spacial score (nSPS) is 14.9. The number of hydrogen-bond acceptors (Lipinski definition) is 3. The Morgan fingerprint density at radius 3 is 2.48 bits per heavy atom. The summed E-state index contributed by atoms with van der Waals surface area (Å²) >= 11 is 8.01. The van der Waals surface area contributed by atoms with Gasteiger partial charge in [-0.2, -0.15) is 0 Å². The molecule has 166 valence electrons. The third kappa shape index (κ3) is 7.01. The highest BCUT2D eigenvalue weighted by Gasteiger charge is 2.28. The number of aryl methyl sites for hydroxylation is 1. The first kappa shape index (κ1) is 23.7. The number of nitrogens with zero attached hydrogens (tertiary/aromatic N) is 1. The van der Waals surface area contributed by atoms with Crippen molar-refractivity contribution in [2.45, 2.75) is 69.5 Å². The Balaban J connectivity index is 1.66. The minimum Gasteiger partial charge on any atom is -0.352 e. The van der Waals surface area contributed by atoms with Crippen LogP contribution in [0.15, 0.2) is 53.4 Å². The highest BCUT2D eigenvalue weighted by atomic mass is 35.5. The van der Waals surface area contributed by atoms with Crippen molar-refractivity contribution < 1.29 is 9.59 Å². The lowest BCUT2D eigenvalue weighted by molar-refractivity contribution is -0.140. The molecule has 6 heteroatoms. The van der Waals surface area contributed by atoms with Gasteiger partial charge in [0.15, 0.2) is 0 Å². The van der Waals surface area contributed by atoms with Gasteiger partial charge in [0.25, 0.3) is 0 Å². The minimum absolute atomic E-state index is 0.0337. The molecule has 31 heavy (non-hydrogen) atoms. The zero-order valence-corrected chi connectivity index (χ0v) is 19.8. The molecule has 2 aromatic rings. The second kappa shape index (κ2) is 11.6. The fraction of sp³-hybridized carbons (Fsp3) is 0.440. The van der Waals surface area contributed by atoms with Gasteiger partial charge in [-0.15, -0.1) is 11.8 Å². The van der Waals surface area contributed by atoms with E-state index in [1.807, 2.05) is 31.2 Å². The number of benzene rings is 2. The first-order valence-electron chi connectivity index (χ1n) is 11.0. The summed E-state index contributed by atoms with van der Waals surface area (Å²) < 4.78 is 0. The van der Waals surface area contributed by atoms with Crippen LogP contribution in [0.4, 0.5) is 0 Å². The average molecular weight is 459 g/mol. The second-order valence-electron chi connectivity index (χ2n) is 8.19. The van der Waals surface area contributed by atoms with Crippen molar-refractivity contribution in [3.05, 3.63) is 64.7 Å². The number of amides is 2. The summed E-state index contributed by atoms with van der Waals surface area (Å²) in [7, 11) is 0. The molecule has 0 heterocycles. The fourth-order valence-corrected chi connectivity index (χ4v) is 4.86. The van der Waals surface area contributed by atoms with Gasteiger partial charge in [-0.1, -0.05) is 60.3 Å². The number of carbonyl (C=O) groups excluding carboxylic acids is 2. The smallest absolute Gasteiger partial charge is 0.242 e. The zero-order chi connectivity index (χ0) is 22.2. The lowest BCUT2D eigenvalue weighted by Crippen LogP contribution is -2.49. The van der Waals surface area contributed by atoms with Gasteiger partial charge in [0, 0.05) is 34.7 Å². The number of halogens is 1. The molecule has 0 radical (unpaired) electrons. The molecule has 0 aliphatic heterocycles. The number of rotatable bonds is 9. The summed E-state index contributed by atoms with van der Waals surface area (Å²) in [6.07, 6.45) is 4.70. The van der Waals surface area contributed by atoms with E-state index >= 15 is 0 Å². The summed E-state index contributed by atoms with van der Waals surface area (Å²) in [6.45, 7) is 4.20. The van der Waals surface area contributed by atoms with E-state index in [9.17, 15) is 9.59 Å². The lowest BCUT2D eigenvalue weighted by atomic mass is 10.1. The predicted molar refractivity (Wildman–Crippen MR) is 128 cm³/mol. The quantitative estimate of drug-likeness (QED) is 0.497. The molecule has 1 aliphatic rings. The van der Waals surface area contributed by atoms with Crippen molar-refractivity contribution in [3.63, 3.8) is 0 Å². The number of hydrogen-bond donors (Lipinski definition) is 1. The molecule has 0 spiro atoms. The standard InChI is InChI=1S/C25H31ClN2O2S/c1-18-11-13-22(14-12-18)31-16-15-24(29)28(17-20-7-3-6-10-23(20)26)19(2)25(30)27-21-8-4-5-9-21/h3,6-7,10-14,19,21H,4-5,8-9,15-17H2,1-2H3,(H,27,30)/t19-/m0/s1. The molecule has 1 fully saturated rings. The molecule has 0 unspecified atom stereocenters. The molecule has 0 aromatic heterocycles. The van der Waals surface area contributed by atoms with Crippen molar-refractivity contribution in [2.24, 2.45) is 0 Å². The van der Waals surface area contributed by atoms with E-state index in [1.165, 1.54) is 5.56 Å². The van der Waals surface area contributed by atoms with Crippen LogP contribution in [0.3, 0.4) is 0 Å². The number of carbonyl (C=O) groups is 2. The Hall–Kier alpha value is -1.98. The van der Waals surface area contributed by atoms with Gasteiger partial charge in [0.05, 0.1) is 0 Å². The van der Waals surface area contributed by atoms with E-state index in [2.05, 4.69) is 36.5 Å². The maximum atomic E-state index is 13.2. The SMILES string of the molecule is Cc1ccc(SCCC(=O)N(Cc2ccccc2Cl)[C@@H](C)C(=O)NC2CCCC2)cc1. The third-order valence-corrected chi connectivity index (χ3v) is 7.16. The Kier molecular flexibility index (Phi) is 8.85. The predicted octanol–water partition coefficient (Wildman–Crippen LogP) is 5.61. The van der Waals surface area contributed by atoms with E-state index in [1.54, 1.807) is 16.7 Å². The van der Waals surface area contributed by atoms with Crippen molar-refractivity contribution in [3.8, 4) is 0 Å². The maximum absolute atomic E-state index is 13.2. The van der Waals surface area contributed by atoms with Gasteiger partial charge >= 0.3 is 0 Å². The van der Waals surface area contributed by atoms with Gasteiger partial charge < -0.3 is 10.2 Å². The van der Waals surface area contributed by atoms with Gasteiger partial charge in [-0.05, 0) is 50.5 Å². The summed E-state index contributed by atoms with van der Waals surface area (Å²) in [5.41, 5.74) is 2.07. The Morgan fingerprint density at radius 2 is 1.81 bits per heavy atom. The van der Waals surface area contributed by atoms with Crippen LogP contribution in [0, 0.1) is 6.92 Å². The summed E-state index contributed by atoms with van der Waals surface area (Å²) in [6, 6.07) is 15.5. The van der Waals surface area contributed by atoms with Crippen LogP contribution in [0.25, 0.3) is 0 Å². The molecule has 1 aliphatic carbocycles. The maximum Gasteiger partial charge on any atom is 0.242 e. The third-order valence-electron chi connectivity index (χ3n) is 5.77. The fourth-order valence-electron chi connectivity index (χ4n) is 3.82. The molecule has 1 atom stereocenters. The van der Waals surface area contributed by atoms with Crippen LogP contribution < -0.4 is 5.32 Å². The molecular weight excluding hydrogens is 428 g/mol. The van der Waals surface area contributed by atoms with Crippen LogP contribution in [-0.4, -0.2) is 34.6 Å². The van der Waals surface area contributed by atoms with E-state index in [0.717, 1.165) is 36.1 Å². The molecule has 0 saturated heterocycles. The molecule has 1 saturated carbocycles.